The zero-order valence-corrected chi connectivity index (χ0v) is 8.43. The van der Waals surface area contributed by atoms with E-state index < -0.39 is 0 Å². The first-order valence-corrected chi connectivity index (χ1v) is 4.91. The lowest BCUT2D eigenvalue weighted by Crippen LogP contribution is -2.22. The van der Waals surface area contributed by atoms with Gasteiger partial charge in [-0.25, -0.2) is 0 Å². The Bertz CT molecular complexity index is 337. The Balaban J connectivity index is 2.27. The molecule has 1 aliphatic heterocycles. The molecule has 1 N–H and O–H groups in total. The van der Waals surface area contributed by atoms with Crippen molar-refractivity contribution in [1.82, 2.24) is 14.8 Å². The van der Waals surface area contributed by atoms with Crippen LogP contribution < -0.4 is 0 Å². The monoisotopic (exact) mass is 199 g/mol. The molecule has 0 bridgehead atoms. The first kappa shape index (κ1) is 8.90. The Kier molecular flexibility index (Phi) is 2.46. The highest BCUT2D eigenvalue weighted by Crippen LogP contribution is 2.20. The van der Waals surface area contributed by atoms with Gasteiger partial charge in [0.2, 0.25) is 0 Å². The molecule has 1 atom stereocenters. The number of aromatic nitrogens is 3. The zero-order valence-electron chi connectivity index (χ0n) is 7.62. The molecule has 1 aromatic heterocycles. The summed E-state index contributed by atoms with van der Waals surface area (Å²) in [5.41, 5.74) is 0. The molecule has 0 saturated carbocycles. The number of nitrogens with one attached hydrogen (secondary N) is 1. The Hall–Kier alpha value is -0.680. The fraction of sp³-hybridized carbons (Fsp3) is 0.750. The second kappa shape index (κ2) is 3.59. The highest BCUT2D eigenvalue weighted by Gasteiger charge is 2.18. The minimum Gasteiger partial charge on any atom is -0.379 e. The summed E-state index contributed by atoms with van der Waals surface area (Å²) in [5.74, 6) is 0.945. The van der Waals surface area contributed by atoms with Gasteiger partial charge in [0.1, 0.15) is 5.82 Å². The van der Waals surface area contributed by atoms with Crippen molar-refractivity contribution in [2.75, 3.05) is 13.2 Å². The fourth-order valence-corrected chi connectivity index (χ4v) is 2.07. The van der Waals surface area contributed by atoms with E-state index in [0.29, 0.717) is 10.8 Å². The van der Waals surface area contributed by atoms with Gasteiger partial charge in [-0.3, -0.25) is 9.67 Å². The van der Waals surface area contributed by atoms with Crippen molar-refractivity contribution in [1.29, 1.82) is 0 Å². The van der Waals surface area contributed by atoms with Gasteiger partial charge in [-0.15, -0.1) is 0 Å². The minimum absolute atomic E-state index is 0.375. The third-order valence-corrected chi connectivity index (χ3v) is 2.67. The summed E-state index contributed by atoms with van der Waals surface area (Å²) in [4.78, 5) is 0. The van der Waals surface area contributed by atoms with E-state index in [-0.39, 0.29) is 0 Å². The van der Waals surface area contributed by atoms with Gasteiger partial charge in [-0.05, 0) is 32.0 Å². The summed E-state index contributed by atoms with van der Waals surface area (Å²) in [6.45, 7) is 3.59. The Morgan fingerprint density at radius 2 is 2.54 bits per heavy atom. The third-order valence-electron chi connectivity index (χ3n) is 2.38. The van der Waals surface area contributed by atoms with Gasteiger partial charge in [0, 0.05) is 6.61 Å². The van der Waals surface area contributed by atoms with Crippen LogP contribution in [0.15, 0.2) is 0 Å². The molecule has 2 rings (SSSR count). The lowest BCUT2D eigenvalue weighted by atomic mass is 10.1. The molecule has 0 amide bonds. The van der Waals surface area contributed by atoms with E-state index in [0.717, 1.165) is 31.9 Å². The van der Waals surface area contributed by atoms with E-state index in [4.69, 9.17) is 17.0 Å². The first-order chi connectivity index (χ1) is 6.29. The number of aryl methyl sites for hydroxylation is 1. The van der Waals surface area contributed by atoms with Gasteiger partial charge in [0.05, 0.1) is 12.6 Å². The molecule has 0 radical (unpaired) electrons. The molecule has 5 heteroatoms. The van der Waals surface area contributed by atoms with Gasteiger partial charge in [0.25, 0.3) is 0 Å². The summed E-state index contributed by atoms with van der Waals surface area (Å²) < 4.78 is 8.16. The van der Waals surface area contributed by atoms with Gasteiger partial charge in [-0.2, -0.15) is 5.10 Å². The topological polar surface area (TPSA) is 42.8 Å². The summed E-state index contributed by atoms with van der Waals surface area (Å²) in [6, 6.07) is 0.375. The van der Waals surface area contributed by atoms with Crippen LogP contribution in [-0.2, 0) is 4.74 Å². The van der Waals surface area contributed by atoms with Crippen molar-refractivity contribution in [3.8, 4) is 0 Å². The quantitative estimate of drug-likeness (QED) is 0.699. The van der Waals surface area contributed by atoms with E-state index in [1.165, 1.54) is 0 Å². The predicted molar refractivity (Wildman–Crippen MR) is 51.2 cm³/mol. The first-order valence-electron chi connectivity index (χ1n) is 4.50. The maximum atomic E-state index is 5.41. The van der Waals surface area contributed by atoms with E-state index in [1.54, 1.807) is 0 Å². The van der Waals surface area contributed by atoms with Gasteiger partial charge < -0.3 is 4.74 Å². The fourth-order valence-electron chi connectivity index (χ4n) is 1.74. The maximum absolute atomic E-state index is 5.41. The van der Waals surface area contributed by atoms with Crippen LogP contribution in [0.1, 0.15) is 24.7 Å². The normalized spacial score (nSPS) is 23.3. The van der Waals surface area contributed by atoms with Crippen molar-refractivity contribution < 1.29 is 4.74 Å². The summed E-state index contributed by atoms with van der Waals surface area (Å²) in [5, 5.41) is 6.88. The van der Waals surface area contributed by atoms with E-state index in [9.17, 15) is 0 Å². The highest BCUT2D eigenvalue weighted by molar-refractivity contribution is 7.71. The van der Waals surface area contributed by atoms with Crippen LogP contribution in [0.3, 0.4) is 0 Å². The Labute approximate surface area is 81.9 Å². The Morgan fingerprint density at radius 3 is 3.08 bits per heavy atom. The average Bonchev–Trinajstić information content (AvgIpc) is 2.48. The van der Waals surface area contributed by atoms with Crippen molar-refractivity contribution in [3.05, 3.63) is 10.6 Å². The Morgan fingerprint density at radius 1 is 1.69 bits per heavy atom. The summed E-state index contributed by atoms with van der Waals surface area (Å²) >= 11 is 5.14. The highest BCUT2D eigenvalue weighted by atomic mass is 32.1. The molecule has 13 heavy (non-hydrogen) atoms. The molecule has 1 aromatic rings. The van der Waals surface area contributed by atoms with Gasteiger partial charge in [0.15, 0.2) is 4.77 Å². The van der Waals surface area contributed by atoms with Crippen LogP contribution in [0.4, 0.5) is 0 Å². The van der Waals surface area contributed by atoms with Crippen molar-refractivity contribution in [3.63, 3.8) is 0 Å². The molecule has 1 fully saturated rings. The van der Waals surface area contributed by atoms with E-state index >= 15 is 0 Å². The molecule has 72 valence electrons. The third kappa shape index (κ3) is 1.66. The van der Waals surface area contributed by atoms with Crippen LogP contribution in [0.5, 0.6) is 0 Å². The number of ether oxygens (including phenoxy) is 1. The van der Waals surface area contributed by atoms with Crippen molar-refractivity contribution >= 4 is 12.2 Å². The summed E-state index contributed by atoms with van der Waals surface area (Å²) in [6.07, 6.45) is 2.24. The van der Waals surface area contributed by atoms with Crippen LogP contribution >= 0.6 is 12.2 Å². The molecule has 2 heterocycles. The molecular weight excluding hydrogens is 186 g/mol. The van der Waals surface area contributed by atoms with Gasteiger partial charge in [-0.1, -0.05) is 0 Å². The van der Waals surface area contributed by atoms with Crippen LogP contribution in [-0.4, -0.2) is 28.0 Å². The number of hydrogen-bond acceptors (Lipinski definition) is 3. The largest absolute Gasteiger partial charge is 0.379 e. The van der Waals surface area contributed by atoms with Gasteiger partial charge >= 0.3 is 0 Å². The second-order valence-electron chi connectivity index (χ2n) is 3.32. The molecule has 1 unspecified atom stereocenters. The molecular formula is C8H13N3OS. The van der Waals surface area contributed by atoms with Crippen molar-refractivity contribution in [2.45, 2.75) is 25.8 Å². The SMILES string of the molecule is Cc1n[nH]c(=S)n1C1CCCOC1. The smallest absolute Gasteiger partial charge is 0.195 e. The van der Waals surface area contributed by atoms with Crippen LogP contribution in [0.25, 0.3) is 0 Å². The van der Waals surface area contributed by atoms with Crippen LogP contribution in [0.2, 0.25) is 0 Å². The molecule has 0 aliphatic carbocycles. The predicted octanol–water partition coefficient (Wildman–Crippen LogP) is 1.60. The number of nitrogens with zero attached hydrogens (tertiary/aromatic N) is 2. The standard InChI is InChI=1S/C8H13N3OS/c1-6-9-10-8(13)11(6)7-3-2-4-12-5-7/h7H,2-5H2,1H3,(H,10,13). The molecule has 1 aliphatic rings. The van der Waals surface area contributed by atoms with E-state index in [2.05, 4.69) is 14.8 Å². The molecule has 4 nitrogen and oxygen atoms in total. The molecule has 1 saturated heterocycles. The van der Waals surface area contributed by atoms with E-state index in [1.807, 2.05) is 6.92 Å². The van der Waals surface area contributed by atoms with Crippen LogP contribution in [0, 0.1) is 11.7 Å². The average molecular weight is 199 g/mol. The number of hydrogen-bond donors (Lipinski definition) is 1. The minimum atomic E-state index is 0.375. The maximum Gasteiger partial charge on any atom is 0.195 e. The number of aromatic amines is 1. The molecule has 0 spiro atoms. The van der Waals surface area contributed by atoms with Crippen molar-refractivity contribution in [2.24, 2.45) is 0 Å². The summed E-state index contributed by atoms with van der Waals surface area (Å²) in [7, 11) is 0. The lowest BCUT2D eigenvalue weighted by molar-refractivity contribution is 0.0579. The number of rotatable bonds is 1. The molecule has 0 aromatic carbocycles. The lowest BCUT2D eigenvalue weighted by Gasteiger charge is -2.23. The number of H-pyrrole nitrogens is 1. The second-order valence-corrected chi connectivity index (χ2v) is 3.70. The zero-order chi connectivity index (χ0) is 9.26.